The molecule has 0 fully saturated rings. The fourth-order valence-corrected chi connectivity index (χ4v) is 1.08. The number of H-pyrrole nitrogens is 1. The molecule has 0 amide bonds. The van der Waals surface area contributed by atoms with Crippen LogP contribution in [-0.2, 0) is 0 Å². The highest BCUT2D eigenvalue weighted by atomic mass is 79.9. The van der Waals surface area contributed by atoms with Crippen molar-refractivity contribution in [1.82, 2.24) is 4.98 Å². The molecule has 0 spiro atoms. The van der Waals surface area contributed by atoms with E-state index in [2.05, 4.69) is 20.9 Å². The lowest BCUT2D eigenvalue weighted by Gasteiger charge is -2.01. The molecule has 1 heterocycles. The number of aromatic nitrogens is 1. The smallest absolute Gasteiger partial charge is 0.192 e. The van der Waals surface area contributed by atoms with Crippen LogP contribution in [0.3, 0.4) is 0 Å². The van der Waals surface area contributed by atoms with Crippen molar-refractivity contribution in [2.75, 3.05) is 0 Å². The van der Waals surface area contributed by atoms with E-state index < -0.39 is 0 Å². The summed E-state index contributed by atoms with van der Waals surface area (Å²) in [7, 11) is 0. The average molecular weight is 216 g/mol. The Balaban J connectivity index is 2.70. The molecule has 3 heteroatoms. The first kappa shape index (κ1) is 8.53. The monoisotopic (exact) mass is 215 g/mol. The average Bonchev–Trinajstić information content (AvgIpc) is 2.53. The fraction of sp³-hybridized carbons (Fsp3) is 0.375. The summed E-state index contributed by atoms with van der Waals surface area (Å²) in [4.78, 5) is 14.2. The van der Waals surface area contributed by atoms with E-state index in [1.807, 2.05) is 13.0 Å². The number of hydrogen-bond acceptors (Lipinski definition) is 1. The third kappa shape index (κ3) is 1.93. The Morgan fingerprint density at radius 3 is 3.00 bits per heavy atom. The van der Waals surface area contributed by atoms with E-state index in [1.54, 1.807) is 12.3 Å². The van der Waals surface area contributed by atoms with Crippen LogP contribution in [0.15, 0.2) is 18.3 Å². The van der Waals surface area contributed by atoms with Gasteiger partial charge in [0, 0.05) is 6.20 Å². The van der Waals surface area contributed by atoms with Gasteiger partial charge in [-0.3, -0.25) is 4.79 Å². The molecule has 1 atom stereocenters. The quantitative estimate of drug-likeness (QED) is 0.610. The van der Waals surface area contributed by atoms with Gasteiger partial charge in [-0.05, 0) is 18.6 Å². The van der Waals surface area contributed by atoms with Crippen molar-refractivity contribution in [1.29, 1.82) is 0 Å². The number of aromatic amines is 1. The van der Waals surface area contributed by atoms with Crippen molar-refractivity contribution >= 4 is 21.7 Å². The molecular weight excluding hydrogens is 206 g/mol. The number of rotatable bonds is 3. The summed E-state index contributed by atoms with van der Waals surface area (Å²) >= 11 is 3.29. The molecule has 0 saturated carbocycles. The number of Topliss-reactive ketones (excluding diaryl/α,β-unsaturated/α-hetero) is 1. The zero-order valence-corrected chi connectivity index (χ0v) is 7.89. The fourth-order valence-electron chi connectivity index (χ4n) is 0.838. The van der Waals surface area contributed by atoms with Crippen LogP contribution in [-0.4, -0.2) is 15.6 Å². The van der Waals surface area contributed by atoms with Gasteiger partial charge in [0.25, 0.3) is 0 Å². The molecule has 1 unspecified atom stereocenters. The number of nitrogens with one attached hydrogen (secondary N) is 1. The number of hydrogen-bond donors (Lipinski definition) is 1. The van der Waals surface area contributed by atoms with Crippen molar-refractivity contribution in [3.8, 4) is 0 Å². The van der Waals surface area contributed by atoms with E-state index in [0.29, 0.717) is 5.69 Å². The molecule has 1 aromatic heterocycles. The highest BCUT2D eigenvalue weighted by Crippen LogP contribution is 2.11. The minimum atomic E-state index is -0.0545. The molecule has 0 aromatic carbocycles. The second-order valence-corrected chi connectivity index (χ2v) is 3.43. The summed E-state index contributed by atoms with van der Waals surface area (Å²) < 4.78 is 0. The minimum Gasteiger partial charge on any atom is -0.359 e. The zero-order valence-electron chi connectivity index (χ0n) is 6.30. The van der Waals surface area contributed by atoms with Gasteiger partial charge in [0.05, 0.1) is 10.5 Å². The Hall–Kier alpha value is -0.570. The molecule has 1 rings (SSSR count). The first-order chi connectivity index (χ1) is 5.25. The number of carbonyl (C=O) groups excluding carboxylic acids is 1. The van der Waals surface area contributed by atoms with Gasteiger partial charge in [0.2, 0.25) is 0 Å². The van der Waals surface area contributed by atoms with E-state index in [-0.39, 0.29) is 10.6 Å². The van der Waals surface area contributed by atoms with Gasteiger partial charge in [0.15, 0.2) is 5.78 Å². The molecule has 1 aromatic rings. The third-order valence-electron chi connectivity index (χ3n) is 1.51. The lowest BCUT2D eigenvalue weighted by Crippen LogP contribution is -2.12. The molecule has 11 heavy (non-hydrogen) atoms. The predicted octanol–water partition coefficient (Wildman–Crippen LogP) is 2.37. The number of halogens is 1. The summed E-state index contributed by atoms with van der Waals surface area (Å²) in [5.74, 6) is 0.123. The molecule has 2 nitrogen and oxygen atoms in total. The minimum absolute atomic E-state index is 0.0545. The topological polar surface area (TPSA) is 32.9 Å². The molecule has 0 aliphatic heterocycles. The van der Waals surface area contributed by atoms with E-state index >= 15 is 0 Å². The SMILES string of the molecule is CCC(Br)C(=O)c1ccc[nH]1. The van der Waals surface area contributed by atoms with Crippen molar-refractivity contribution in [3.05, 3.63) is 24.0 Å². The van der Waals surface area contributed by atoms with Crippen LogP contribution in [0.4, 0.5) is 0 Å². The highest BCUT2D eigenvalue weighted by molar-refractivity contribution is 9.10. The summed E-state index contributed by atoms with van der Waals surface area (Å²) in [5.41, 5.74) is 0.675. The van der Waals surface area contributed by atoms with Crippen LogP contribution < -0.4 is 0 Å². The maximum Gasteiger partial charge on any atom is 0.192 e. The lowest BCUT2D eigenvalue weighted by atomic mass is 10.2. The standard InChI is InChI=1S/C8H10BrNO/c1-2-6(9)8(11)7-4-3-5-10-7/h3-6,10H,2H2,1H3. The van der Waals surface area contributed by atoms with E-state index in [9.17, 15) is 4.79 Å². The van der Waals surface area contributed by atoms with Crippen molar-refractivity contribution in [3.63, 3.8) is 0 Å². The molecule has 0 radical (unpaired) electrons. The summed E-state index contributed by atoms with van der Waals surface area (Å²) in [6.45, 7) is 1.97. The Kier molecular flexibility index (Phi) is 2.88. The van der Waals surface area contributed by atoms with E-state index in [4.69, 9.17) is 0 Å². The zero-order chi connectivity index (χ0) is 8.27. The van der Waals surface area contributed by atoms with Crippen LogP contribution in [0.25, 0.3) is 0 Å². The van der Waals surface area contributed by atoms with Gasteiger partial charge in [0.1, 0.15) is 0 Å². The van der Waals surface area contributed by atoms with Gasteiger partial charge >= 0.3 is 0 Å². The third-order valence-corrected chi connectivity index (χ3v) is 2.57. The number of alkyl halides is 1. The second kappa shape index (κ2) is 3.72. The van der Waals surface area contributed by atoms with Gasteiger partial charge in [-0.1, -0.05) is 22.9 Å². The summed E-state index contributed by atoms with van der Waals surface area (Å²) in [6, 6.07) is 3.61. The van der Waals surface area contributed by atoms with E-state index in [1.165, 1.54) is 0 Å². The van der Waals surface area contributed by atoms with Crippen LogP contribution in [0.1, 0.15) is 23.8 Å². The van der Waals surface area contributed by atoms with Gasteiger partial charge in [-0.2, -0.15) is 0 Å². The molecule has 0 aliphatic rings. The van der Waals surface area contributed by atoms with Gasteiger partial charge < -0.3 is 4.98 Å². The van der Waals surface area contributed by atoms with E-state index in [0.717, 1.165) is 6.42 Å². The first-order valence-corrected chi connectivity index (χ1v) is 4.49. The van der Waals surface area contributed by atoms with Crippen molar-refractivity contribution in [2.45, 2.75) is 18.2 Å². The lowest BCUT2D eigenvalue weighted by molar-refractivity contribution is 0.0986. The summed E-state index contributed by atoms with van der Waals surface area (Å²) in [6.07, 6.45) is 2.57. The molecule has 0 aliphatic carbocycles. The molecule has 1 N–H and O–H groups in total. The molecule has 0 saturated heterocycles. The second-order valence-electron chi connectivity index (χ2n) is 2.32. The highest BCUT2D eigenvalue weighted by Gasteiger charge is 2.14. The maximum atomic E-state index is 11.4. The maximum absolute atomic E-state index is 11.4. The molecule has 0 bridgehead atoms. The Labute approximate surface area is 74.1 Å². The van der Waals surface area contributed by atoms with Crippen LogP contribution in [0, 0.1) is 0 Å². The summed E-state index contributed by atoms with van der Waals surface area (Å²) in [5, 5.41) is 0. The number of carbonyl (C=O) groups is 1. The van der Waals surface area contributed by atoms with Crippen LogP contribution in [0.2, 0.25) is 0 Å². The largest absolute Gasteiger partial charge is 0.359 e. The van der Waals surface area contributed by atoms with Crippen molar-refractivity contribution < 1.29 is 4.79 Å². The van der Waals surface area contributed by atoms with Crippen LogP contribution in [0.5, 0.6) is 0 Å². The Bertz CT molecular complexity index is 230. The van der Waals surface area contributed by atoms with Gasteiger partial charge in [-0.15, -0.1) is 0 Å². The molecular formula is C8H10BrNO. The van der Waals surface area contributed by atoms with Crippen LogP contribution >= 0.6 is 15.9 Å². The number of ketones is 1. The Morgan fingerprint density at radius 2 is 2.55 bits per heavy atom. The normalized spacial score (nSPS) is 12.9. The predicted molar refractivity (Wildman–Crippen MR) is 48.1 cm³/mol. The van der Waals surface area contributed by atoms with Gasteiger partial charge in [-0.25, -0.2) is 0 Å². The first-order valence-electron chi connectivity index (χ1n) is 3.57. The van der Waals surface area contributed by atoms with Crippen molar-refractivity contribution in [2.24, 2.45) is 0 Å². The molecule has 60 valence electrons. The Morgan fingerprint density at radius 1 is 1.82 bits per heavy atom.